The molecule has 1 saturated heterocycles. The molecular weight excluding hydrogens is 536 g/mol. The van der Waals surface area contributed by atoms with E-state index in [9.17, 15) is 19.6 Å². The molecule has 1 heterocycles. The Morgan fingerprint density at radius 2 is 1.91 bits per heavy atom. The molecule has 8 nitrogen and oxygen atoms in total. The zero-order valence-corrected chi connectivity index (χ0v) is 22.0. The number of methoxy groups -OCH3 is 1. The van der Waals surface area contributed by atoms with Gasteiger partial charge >= 0.3 is 5.97 Å². The minimum atomic E-state index is -0.726. The van der Waals surface area contributed by atoms with E-state index < -0.39 is 29.3 Å². The van der Waals surface area contributed by atoms with Crippen molar-refractivity contribution >= 4 is 50.9 Å². The van der Waals surface area contributed by atoms with Crippen molar-refractivity contribution < 1.29 is 28.6 Å². The van der Waals surface area contributed by atoms with Gasteiger partial charge in [0.2, 0.25) is 0 Å². The summed E-state index contributed by atoms with van der Waals surface area (Å²) >= 11 is 4.21. The summed E-state index contributed by atoms with van der Waals surface area (Å²) in [5, 5.41) is 8.71. The Bertz CT molecular complexity index is 1250. The van der Waals surface area contributed by atoms with Crippen molar-refractivity contribution in [3.05, 3.63) is 62.5 Å². The second kappa shape index (κ2) is 11.0. The van der Waals surface area contributed by atoms with Crippen LogP contribution >= 0.6 is 27.7 Å². The molecule has 0 radical (unpaired) electrons. The van der Waals surface area contributed by atoms with Gasteiger partial charge in [0.15, 0.2) is 11.5 Å². The number of carbonyl (C=O) groups is 3. The number of imide groups is 1. The van der Waals surface area contributed by atoms with Gasteiger partial charge in [-0.1, -0.05) is 34.1 Å². The highest BCUT2D eigenvalue weighted by molar-refractivity contribution is 9.10. The first kappa shape index (κ1) is 26.3. The number of thioether (sulfide) groups is 1. The number of hydrogen-bond acceptors (Lipinski definition) is 8. The minimum absolute atomic E-state index is 0.162. The number of rotatable bonds is 7. The lowest BCUT2D eigenvalue weighted by atomic mass is 10.1. The van der Waals surface area contributed by atoms with Crippen molar-refractivity contribution in [2.75, 3.05) is 13.7 Å². The van der Waals surface area contributed by atoms with Crippen molar-refractivity contribution in [3.8, 4) is 17.6 Å². The van der Waals surface area contributed by atoms with Gasteiger partial charge < -0.3 is 14.2 Å². The molecule has 35 heavy (non-hydrogen) atoms. The third-order valence-electron chi connectivity index (χ3n) is 4.67. The molecule has 0 unspecified atom stereocenters. The van der Waals surface area contributed by atoms with Crippen LogP contribution in [-0.4, -0.2) is 41.3 Å². The normalized spacial score (nSPS) is 14.7. The third kappa shape index (κ3) is 6.65. The monoisotopic (exact) mass is 558 g/mol. The molecule has 182 valence electrons. The number of nitrogens with zero attached hydrogens (tertiary/aromatic N) is 2. The Hall–Kier alpha value is -3.29. The maximum absolute atomic E-state index is 12.8. The summed E-state index contributed by atoms with van der Waals surface area (Å²) in [7, 11) is 1.48. The first-order valence-corrected chi connectivity index (χ1v) is 12.1. The lowest BCUT2D eigenvalue weighted by Gasteiger charge is -2.21. The highest BCUT2D eigenvalue weighted by atomic mass is 79.9. The summed E-state index contributed by atoms with van der Waals surface area (Å²) in [4.78, 5) is 38.3. The quantitative estimate of drug-likeness (QED) is 0.333. The topological polar surface area (TPSA) is 106 Å². The van der Waals surface area contributed by atoms with Gasteiger partial charge in [0.25, 0.3) is 11.1 Å². The molecule has 0 spiro atoms. The van der Waals surface area contributed by atoms with Gasteiger partial charge in [-0.05, 0) is 62.4 Å². The van der Waals surface area contributed by atoms with Gasteiger partial charge in [0.1, 0.15) is 18.8 Å². The van der Waals surface area contributed by atoms with Crippen LogP contribution in [0.3, 0.4) is 0 Å². The van der Waals surface area contributed by atoms with Crippen molar-refractivity contribution in [2.24, 2.45) is 0 Å². The molecule has 1 fully saturated rings. The molecule has 10 heteroatoms. The van der Waals surface area contributed by atoms with Crippen LogP contribution in [0.25, 0.3) is 6.08 Å². The third-order valence-corrected chi connectivity index (χ3v) is 6.27. The van der Waals surface area contributed by atoms with E-state index in [1.54, 1.807) is 51.1 Å². The summed E-state index contributed by atoms with van der Waals surface area (Å²) in [5.41, 5.74) is 1.10. The highest BCUT2D eigenvalue weighted by Crippen LogP contribution is 2.38. The Balaban J connectivity index is 1.79. The number of hydrogen-bond donors (Lipinski definition) is 0. The number of benzene rings is 2. The van der Waals surface area contributed by atoms with Crippen LogP contribution in [0.4, 0.5) is 4.79 Å². The van der Waals surface area contributed by atoms with E-state index in [0.29, 0.717) is 27.1 Å². The number of halogens is 1. The van der Waals surface area contributed by atoms with Crippen LogP contribution in [0.2, 0.25) is 0 Å². The molecule has 0 aliphatic carbocycles. The van der Waals surface area contributed by atoms with Crippen LogP contribution < -0.4 is 9.47 Å². The van der Waals surface area contributed by atoms with E-state index in [1.807, 2.05) is 12.1 Å². The Morgan fingerprint density at radius 3 is 2.57 bits per heavy atom. The summed E-state index contributed by atoms with van der Waals surface area (Å²) in [6.07, 6.45) is 1.54. The fourth-order valence-electron chi connectivity index (χ4n) is 3.12. The number of amides is 2. The summed E-state index contributed by atoms with van der Waals surface area (Å²) < 4.78 is 17.1. The van der Waals surface area contributed by atoms with Gasteiger partial charge in [-0.15, -0.1) is 0 Å². The van der Waals surface area contributed by atoms with E-state index >= 15 is 0 Å². The van der Waals surface area contributed by atoms with Crippen molar-refractivity contribution in [1.82, 2.24) is 4.90 Å². The predicted octanol–water partition coefficient (Wildman–Crippen LogP) is 5.29. The van der Waals surface area contributed by atoms with Gasteiger partial charge in [0, 0.05) is 10.0 Å². The van der Waals surface area contributed by atoms with Gasteiger partial charge in [-0.25, -0.2) is 0 Å². The largest absolute Gasteiger partial charge is 0.493 e. The van der Waals surface area contributed by atoms with Gasteiger partial charge in [-0.3, -0.25) is 19.3 Å². The van der Waals surface area contributed by atoms with E-state index in [4.69, 9.17) is 14.2 Å². The van der Waals surface area contributed by atoms with Gasteiger partial charge in [-0.2, -0.15) is 5.26 Å². The first-order chi connectivity index (χ1) is 16.5. The number of esters is 1. The average Bonchev–Trinajstić information content (AvgIpc) is 3.05. The van der Waals surface area contributed by atoms with Crippen LogP contribution in [0, 0.1) is 11.3 Å². The molecule has 2 aromatic carbocycles. The van der Waals surface area contributed by atoms with Crippen molar-refractivity contribution in [1.29, 1.82) is 5.26 Å². The molecule has 1 aliphatic rings. The smallest absolute Gasteiger partial charge is 0.326 e. The Labute approximate surface area is 216 Å². The molecule has 2 amide bonds. The lowest BCUT2D eigenvalue weighted by molar-refractivity contribution is -0.156. The Kier molecular flexibility index (Phi) is 8.25. The average molecular weight is 559 g/mol. The number of ether oxygens (including phenoxy) is 3. The summed E-state index contributed by atoms with van der Waals surface area (Å²) in [6, 6.07) is 12.6. The fourth-order valence-corrected chi connectivity index (χ4v) is 4.39. The van der Waals surface area contributed by atoms with Crippen LogP contribution in [0.15, 0.2) is 45.8 Å². The molecule has 1 aliphatic heterocycles. The minimum Gasteiger partial charge on any atom is -0.493 e. The van der Waals surface area contributed by atoms with Crippen LogP contribution in [0.5, 0.6) is 11.5 Å². The first-order valence-electron chi connectivity index (χ1n) is 10.5. The molecule has 0 aromatic heterocycles. The molecule has 3 rings (SSSR count). The standard InChI is InChI=1S/C25H23BrN2O6S/c1-25(2,3)34-22(29)13-28-23(30)21(35-24(28)31)10-17-9-19(32-4)20(11-18(17)26)33-14-16-8-6-5-7-15(16)12-27/h5-11H,13-14H2,1-4H3. The van der Waals surface area contributed by atoms with E-state index in [1.165, 1.54) is 7.11 Å². The number of nitriles is 1. The van der Waals surface area contributed by atoms with Crippen molar-refractivity contribution in [3.63, 3.8) is 0 Å². The second-order valence-electron chi connectivity index (χ2n) is 8.44. The van der Waals surface area contributed by atoms with E-state index in [-0.39, 0.29) is 11.5 Å². The summed E-state index contributed by atoms with van der Waals surface area (Å²) in [6.45, 7) is 4.83. The molecule has 0 bridgehead atoms. The van der Waals surface area contributed by atoms with E-state index in [2.05, 4.69) is 22.0 Å². The molecular formula is C25H23BrN2O6S. The van der Waals surface area contributed by atoms with Crippen molar-refractivity contribution in [2.45, 2.75) is 33.0 Å². The predicted molar refractivity (Wildman–Crippen MR) is 135 cm³/mol. The SMILES string of the molecule is COc1cc(C=C2SC(=O)N(CC(=O)OC(C)(C)C)C2=O)c(Br)cc1OCc1ccccc1C#N. The maximum atomic E-state index is 12.8. The number of carbonyl (C=O) groups excluding carboxylic acids is 3. The van der Waals surface area contributed by atoms with E-state index in [0.717, 1.165) is 22.2 Å². The van der Waals surface area contributed by atoms with Crippen LogP contribution in [0.1, 0.15) is 37.5 Å². The molecule has 0 N–H and O–H groups in total. The van der Waals surface area contributed by atoms with Crippen LogP contribution in [-0.2, 0) is 20.9 Å². The molecule has 0 saturated carbocycles. The second-order valence-corrected chi connectivity index (χ2v) is 10.3. The van der Waals surface area contributed by atoms with Gasteiger partial charge in [0.05, 0.1) is 23.6 Å². The highest BCUT2D eigenvalue weighted by Gasteiger charge is 2.37. The fraction of sp³-hybridized carbons (Fsp3) is 0.280. The summed E-state index contributed by atoms with van der Waals surface area (Å²) in [5.74, 6) is -0.405. The lowest BCUT2D eigenvalue weighted by Crippen LogP contribution is -2.37. The Morgan fingerprint density at radius 1 is 1.20 bits per heavy atom. The maximum Gasteiger partial charge on any atom is 0.326 e. The molecule has 2 aromatic rings. The molecule has 0 atom stereocenters. The zero-order chi connectivity index (χ0) is 25.8. The zero-order valence-electron chi connectivity index (χ0n) is 19.6.